The van der Waals surface area contributed by atoms with E-state index >= 15 is 0 Å². The van der Waals surface area contributed by atoms with Crippen molar-refractivity contribution >= 4 is 34.8 Å². The lowest BCUT2D eigenvalue weighted by Gasteiger charge is -2.04. The number of nitrogens with zero attached hydrogens (tertiary/aromatic N) is 4. The van der Waals surface area contributed by atoms with Gasteiger partial charge in [-0.05, 0) is 31.2 Å². The third kappa shape index (κ3) is 3.94. The topological polar surface area (TPSA) is 92.4 Å². The third-order valence-corrected chi connectivity index (χ3v) is 4.55. The number of benzene rings is 1. The van der Waals surface area contributed by atoms with Gasteiger partial charge < -0.3 is 5.11 Å². The summed E-state index contributed by atoms with van der Waals surface area (Å²) in [6, 6.07) is 8.28. The molecule has 27 heavy (non-hydrogen) atoms. The molecule has 0 aliphatic heterocycles. The molecule has 0 aliphatic rings. The van der Waals surface area contributed by atoms with E-state index in [0.717, 1.165) is 0 Å². The molecular formula is C18H15Cl2N5O2. The van der Waals surface area contributed by atoms with Crippen molar-refractivity contribution in [3.8, 4) is 17.0 Å². The minimum atomic E-state index is -0.414. The molecule has 7 nitrogen and oxygen atoms in total. The Morgan fingerprint density at radius 1 is 1.26 bits per heavy atom. The molecule has 0 fully saturated rings. The molecule has 2 heterocycles. The fourth-order valence-corrected chi connectivity index (χ4v) is 2.77. The molecule has 3 rings (SSSR count). The number of aryl methyl sites for hydroxylation is 1. The van der Waals surface area contributed by atoms with Gasteiger partial charge in [0, 0.05) is 25.0 Å². The van der Waals surface area contributed by atoms with Crippen LogP contribution in [0.4, 0.5) is 0 Å². The number of carbonyl (C=O) groups excluding carboxylic acids is 1. The number of aromatic nitrogens is 3. The van der Waals surface area contributed by atoms with Crippen LogP contribution in [0.2, 0.25) is 10.0 Å². The van der Waals surface area contributed by atoms with Crippen LogP contribution in [-0.2, 0) is 7.05 Å². The van der Waals surface area contributed by atoms with Gasteiger partial charge in [0.05, 0.1) is 21.3 Å². The highest BCUT2D eigenvalue weighted by atomic mass is 35.5. The van der Waals surface area contributed by atoms with Crippen molar-refractivity contribution in [1.29, 1.82) is 0 Å². The van der Waals surface area contributed by atoms with E-state index in [1.807, 2.05) is 0 Å². The molecule has 1 aromatic carbocycles. The average molecular weight is 404 g/mol. The number of rotatable bonds is 4. The fraction of sp³-hybridized carbons (Fsp3) is 0.111. The van der Waals surface area contributed by atoms with Crippen molar-refractivity contribution in [3.63, 3.8) is 0 Å². The Labute approximate surface area is 165 Å². The summed E-state index contributed by atoms with van der Waals surface area (Å²) in [5.74, 6) is -0.490. The maximum atomic E-state index is 12.1. The van der Waals surface area contributed by atoms with Crippen LogP contribution in [0.3, 0.4) is 0 Å². The van der Waals surface area contributed by atoms with E-state index in [1.165, 1.54) is 10.9 Å². The van der Waals surface area contributed by atoms with Crippen molar-refractivity contribution in [2.75, 3.05) is 0 Å². The van der Waals surface area contributed by atoms with E-state index in [2.05, 4.69) is 20.6 Å². The molecule has 0 radical (unpaired) electrons. The standard InChI is InChI=1S/C18H15Cl2N5O2/c1-10(22-23-18(27)12-4-3-7-21-9-12)15-17(26)16(25(2)24-15)11-5-6-13(19)14(20)8-11/h3-9,26H,1-2H3,(H,23,27). The van der Waals surface area contributed by atoms with Gasteiger partial charge in [-0.3, -0.25) is 14.5 Å². The van der Waals surface area contributed by atoms with Crippen LogP contribution in [0.25, 0.3) is 11.3 Å². The summed E-state index contributed by atoms with van der Waals surface area (Å²) in [5.41, 5.74) is 4.47. The molecule has 0 bridgehead atoms. The first-order chi connectivity index (χ1) is 12.9. The van der Waals surface area contributed by atoms with E-state index in [4.69, 9.17) is 23.2 Å². The molecule has 0 atom stereocenters. The molecule has 2 N–H and O–H groups in total. The van der Waals surface area contributed by atoms with Gasteiger partial charge in [-0.1, -0.05) is 29.3 Å². The predicted molar refractivity (Wildman–Crippen MR) is 104 cm³/mol. The van der Waals surface area contributed by atoms with E-state index in [1.54, 1.807) is 50.5 Å². The van der Waals surface area contributed by atoms with Crippen molar-refractivity contribution < 1.29 is 9.90 Å². The Morgan fingerprint density at radius 3 is 2.70 bits per heavy atom. The summed E-state index contributed by atoms with van der Waals surface area (Å²) in [7, 11) is 1.68. The summed E-state index contributed by atoms with van der Waals surface area (Å²) >= 11 is 12.0. The maximum Gasteiger partial charge on any atom is 0.272 e. The highest BCUT2D eigenvalue weighted by molar-refractivity contribution is 6.42. The van der Waals surface area contributed by atoms with E-state index in [9.17, 15) is 9.90 Å². The van der Waals surface area contributed by atoms with Gasteiger partial charge in [-0.2, -0.15) is 10.2 Å². The minimum Gasteiger partial charge on any atom is -0.504 e. The first-order valence-electron chi connectivity index (χ1n) is 7.85. The molecule has 9 heteroatoms. The van der Waals surface area contributed by atoms with Crippen LogP contribution in [-0.4, -0.2) is 31.5 Å². The zero-order valence-electron chi connectivity index (χ0n) is 14.4. The van der Waals surface area contributed by atoms with Crippen molar-refractivity contribution in [3.05, 3.63) is 64.0 Å². The van der Waals surface area contributed by atoms with Crippen LogP contribution in [0.1, 0.15) is 23.0 Å². The molecule has 0 saturated carbocycles. The smallest absolute Gasteiger partial charge is 0.272 e. The summed E-state index contributed by atoms with van der Waals surface area (Å²) in [5, 5.41) is 19.7. The zero-order chi connectivity index (χ0) is 19.6. The highest BCUT2D eigenvalue weighted by Crippen LogP contribution is 2.35. The fourth-order valence-electron chi connectivity index (χ4n) is 2.47. The molecule has 3 aromatic rings. The number of hydrazone groups is 1. The quantitative estimate of drug-likeness (QED) is 0.513. The summed E-state index contributed by atoms with van der Waals surface area (Å²) < 4.78 is 1.51. The second kappa shape index (κ2) is 7.77. The molecule has 0 unspecified atom stereocenters. The minimum absolute atomic E-state index is 0.0761. The molecular weight excluding hydrogens is 389 g/mol. The number of carbonyl (C=O) groups is 1. The zero-order valence-corrected chi connectivity index (χ0v) is 16.0. The summed E-state index contributed by atoms with van der Waals surface area (Å²) in [6.07, 6.45) is 3.00. The van der Waals surface area contributed by atoms with Crippen LogP contribution in [0, 0.1) is 0 Å². The molecule has 138 valence electrons. The van der Waals surface area contributed by atoms with Crippen LogP contribution in [0.15, 0.2) is 47.8 Å². The summed E-state index contributed by atoms with van der Waals surface area (Å²) in [6.45, 7) is 1.63. The van der Waals surface area contributed by atoms with Gasteiger partial charge in [0.15, 0.2) is 11.4 Å². The van der Waals surface area contributed by atoms with Crippen LogP contribution >= 0.6 is 23.2 Å². The Bertz CT molecular complexity index is 1030. The van der Waals surface area contributed by atoms with Gasteiger partial charge in [0.1, 0.15) is 5.69 Å². The number of amides is 1. The molecule has 1 amide bonds. The van der Waals surface area contributed by atoms with E-state index < -0.39 is 5.91 Å². The second-order valence-electron chi connectivity index (χ2n) is 5.68. The number of hydrogen-bond acceptors (Lipinski definition) is 5. The lowest BCUT2D eigenvalue weighted by Crippen LogP contribution is -2.19. The first-order valence-corrected chi connectivity index (χ1v) is 8.60. The summed E-state index contributed by atoms with van der Waals surface area (Å²) in [4.78, 5) is 15.9. The SMILES string of the molecule is CC(=NNC(=O)c1cccnc1)c1nn(C)c(-c2ccc(Cl)c(Cl)c2)c1O. The lowest BCUT2D eigenvalue weighted by atomic mass is 10.1. The van der Waals surface area contributed by atoms with Crippen molar-refractivity contribution in [2.45, 2.75) is 6.92 Å². The van der Waals surface area contributed by atoms with Crippen molar-refractivity contribution in [1.82, 2.24) is 20.2 Å². The van der Waals surface area contributed by atoms with E-state index in [-0.39, 0.29) is 11.4 Å². The largest absolute Gasteiger partial charge is 0.504 e. The second-order valence-corrected chi connectivity index (χ2v) is 6.49. The Balaban J connectivity index is 1.89. The lowest BCUT2D eigenvalue weighted by molar-refractivity contribution is 0.0954. The van der Waals surface area contributed by atoms with Gasteiger partial charge in [-0.15, -0.1) is 0 Å². The first kappa shape index (κ1) is 18.9. The number of halogens is 2. The molecule has 0 spiro atoms. The van der Waals surface area contributed by atoms with Crippen molar-refractivity contribution in [2.24, 2.45) is 12.1 Å². The monoisotopic (exact) mass is 403 g/mol. The van der Waals surface area contributed by atoms with Gasteiger partial charge in [0.25, 0.3) is 5.91 Å². The maximum absolute atomic E-state index is 12.1. The number of aromatic hydroxyl groups is 1. The average Bonchev–Trinajstić information content (AvgIpc) is 2.97. The Morgan fingerprint density at radius 2 is 2.04 bits per heavy atom. The van der Waals surface area contributed by atoms with Gasteiger partial charge in [0.2, 0.25) is 0 Å². The normalized spacial score (nSPS) is 11.5. The number of nitrogens with one attached hydrogen (secondary N) is 1. The number of hydrogen-bond donors (Lipinski definition) is 2. The predicted octanol–water partition coefficient (Wildman–Crippen LogP) is 3.65. The van der Waals surface area contributed by atoms with Gasteiger partial charge in [-0.25, -0.2) is 5.43 Å². The molecule has 0 aliphatic carbocycles. The van der Waals surface area contributed by atoms with Gasteiger partial charge >= 0.3 is 0 Å². The highest BCUT2D eigenvalue weighted by Gasteiger charge is 2.20. The van der Waals surface area contributed by atoms with Crippen LogP contribution < -0.4 is 5.43 Å². The molecule has 2 aromatic heterocycles. The van der Waals surface area contributed by atoms with Crippen LogP contribution in [0.5, 0.6) is 5.75 Å². The Hall–Kier alpha value is -2.90. The third-order valence-electron chi connectivity index (χ3n) is 3.81. The Kier molecular flexibility index (Phi) is 5.43. The molecule has 0 saturated heterocycles. The number of pyridine rings is 1. The van der Waals surface area contributed by atoms with E-state index in [0.29, 0.717) is 32.6 Å².